The molecule has 12 nitrogen and oxygen atoms in total. The van der Waals surface area contributed by atoms with Gasteiger partial charge in [-0.3, -0.25) is 19.2 Å². The van der Waals surface area contributed by atoms with E-state index in [0.717, 1.165) is 34.0 Å². The van der Waals surface area contributed by atoms with Crippen LogP contribution in [-0.2, 0) is 57.1 Å². The molecule has 0 bridgehead atoms. The number of carbonyl (C=O) groups excluding carboxylic acids is 5. The smallest absolute Gasteiger partial charge is 0.337 e. The highest BCUT2D eigenvalue weighted by Gasteiger charge is 2.53. The Morgan fingerprint density at radius 2 is 1.38 bits per heavy atom. The monoisotopic (exact) mass is 524 g/mol. The number of esters is 5. The van der Waals surface area contributed by atoms with E-state index >= 15 is 0 Å². The fourth-order valence-corrected chi connectivity index (χ4v) is 3.07. The van der Waals surface area contributed by atoms with Gasteiger partial charge in [-0.25, -0.2) is 4.79 Å². The minimum atomic E-state index is -1.44. The van der Waals surface area contributed by atoms with Crippen molar-refractivity contribution in [1.82, 2.24) is 0 Å². The third kappa shape index (κ3) is 8.46. The van der Waals surface area contributed by atoms with Gasteiger partial charge in [-0.1, -0.05) is 15.9 Å². The Hall–Kier alpha value is -2.67. The Balaban J connectivity index is 3.39. The summed E-state index contributed by atoms with van der Waals surface area (Å²) in [7, 11) is 1.17. The maximum atomic E-state index is 11.8. The molecule has 0 amide bonds. The highest BCUT2D eigenvalue weighted by molar-refractivity contribution is 9.09. The van der Waals surface area contributed by atoms with Gasteiger partial charge in [0.25, 0.3) is 0 Å². The molecule has 0 spiro atoms. The summed E-state index contributed by atoms with van der Waals surface area (Å²) < 4.78 is 36.6. The van der Waals surface area contributed by atoms with Crippen LogP contribution in [0.25, 0.3) is 0 Å². The van der Waals surface area contributed by atoms with Crippen LogP contribution in [-0.4, -0.2) is 79.6 Å². The summed E-state index contributed by atoms with van der Waals surface area (Å²) >= 11 is 3.11. The van der Waals surface area contributed by atoms with Gasteiger partial charge < -0.3 is 33.2 Å². The Labute approximate surface area is 192 Å². The molecule has 0 aromatic heterocycles. The predicted octanol–water partition coefficient (Wildman–Crippen LogP) is 0.538. The standard InChI is InChI=1S/C19H25BrO12/c1-9(21)27-8-14-15(29-10(2)22)16(30-11(3)23)17(31-12(4)24)19(32-14)28-7-13(6-20)18(25)26-5/h7,14-17,19H,6,8H2,1-5H3/b13-7-/t14-,15-,16+,17-,19-/m1/s1. The summed E-state index contributed by atoms with van der Waals surface area (Å²) in [5.74, 6) is -3.65. The summed E-state index contributed by atoms with van der Waals surface area (Å²) in [6.07, 6.45) is -5.67. The number of alkyl halides is 1. The molecule has 0 saturated carbocycles. The summed E-state index contributed by atoms with van der Waals surface area (Å²) in [6.45, 7) is 4.07. The number of carbonyl (C=O) groups is 5. The van der Waals surface area contributed by atoms with E-state index in [0.29, 0.717) is 0 Å². The van der Waals surface area contributed by atoms with E-state index in [2.05, 4.69) is 20.7 Å². The molecule has 0 aliphatic carbocycles. The first-order valence-electron chi connectivity index (χ1n) is 9.29. The Kier molecular flexibility index (Phi) is 11.1. The summed E-state index contributed by atoms with van der Waals surface area (Å²) in [4.78, 5) is 58.2. The van der Waals surface area contributed by atoms with Crippen LogP contribution in [0.2, 0.25) is 0 Å². The fourth-order valence-electron chi connectivity index (χ4n) is 2.71. The van der Waals surface area contributed by atoms with Crippen molar-refractivity contribution in [3.05, 3.63) is 11.8 Å². The topological polar surface area (TPSA) is 150 Å². The van der Waals surface area contributed by atoms with Crippen LogP contribution < -0.4 is 0 Å². The Bertz CT molecular complexity index is 749. The quantitative estimate of drug-likeness (QED) is 0.136. The van der Waals surface area contributed by atoms with Gasteiger partial charge in [-0.05, 0) is 0 Å². The molecule has 1 fully saturated rings. The number of ether oxygens (including phenoxy) is 7. The SMILES string of the molecule is COC(=O)/C(=C\O[C@@H]1O[C@H](COC(C)=O)[C@@H](OC(C)=O)[C@H](OC(C)=O)[C@H]1OC(C)=O)CBr. The molecular weight excluding hydrogens is 500 g/mol. The molecule has 1 aliphatic rings. The average molecular weight is 525 g/mol. The molecular formula is C19H25BrO12. The second-order valence-electron chi connectivity index (χ2n) is 6.47. The molecule has 1 rings (SSSR count). The van der Waals surface area contributed by atoms with E-state index in [1.165, 1.54) is 7.11 Å². The van der Waals surface area contributed by atoms with Gasteiger partial charge in [0.2, 0.25) is 12.4 Å². The molecule has 1 heterocycles. The number of methoxy groups -OCH3 is 1. The normalized spacial score (nSPS) is 25.2. The van der Waals surface area contributed by atoms with Gasteiger partial charge in [0.15, 0.2) is 12.2 Å². The van der Waals surface area contributed by atoms with E-state index in [4.69, 9.17) is 28.4 Å². The van der Waals surface area contributed by atoms with Crippen molar-refractivity contribution in [3.8, 4) is 0 Å². The van der Waals surface area contributed by atoms with E-state index in [-0.39, 0.29) is 10.9 Å². The van der Waals surface area contributed by atoms with Crippen molar-refractivity contribution in [2.24, 2.45) is 0 Å². The van der Waals surface area contributed by atoms with Crippen LogP contribution in [0.1, 0.15) is 27.7 Å². The first kappa shape index (κ1) is 27.4. The highest BCUT2D eigenvalue weighted by atomic mass is 79.9. The van der Waals surface area contributed by atoms with Gasteiger partial charge >= 0.3 is 29.8 Å². The lowest BCUT2D eigenvalue weighted by molar-refractivity contribution is -0.297. The van der Waals surface area contributed by atoms with Crippen molar-refractivity contribution in [2.75, 3.05) is 19.0 Å². The van der Waals surface area contributed by atoms with Crippen molar-refractivity contribution in [3.63, 3.8) is 0 Å². The van der Waals surface area contributed by atoms with Crippen LogP contribution in [0, 0.1) is 0 Å². The fraction of sp³-hybridized carbons (Fsp3) is 0.632. The lowest BCUT2D eigenvalue weighted by Gasteiger charge is -2.43. The van der Waals surface area contributed by atoms with E-state index in [1.807, 2.05) is 0 Å². The zero-order valence-corrected chi connectivity index (χ0v) is 19.7. The Morgan fingerprint density at radius 3 is 1.84 bits per heavy atom. The molecule has 180 valence electrons. The van der Waals surface area contributed by atoms with E-state index < -0.39 is 67.2 Å². The number of rotatable bonds is 9. The third-order valence-electron chi connectivity index (χ3n) is 3.88. The Morgan fingerprint density at radius 1 is 0.844 bits per heavy atom. The molecule has 32 heavy (non-hydrogen) atoms. The summed E-state index contributed by atoms with van der Waals surface area (Å²) in [5, 5.41) is 0.0605. The number of hydrogen-bond donors (Lipinski definition) is 0. The van der Waals surface area contributed by atoms with Crippen molar-refractivity contribution < 1.29 is 57.1 Å². The number of halogens is 1. The van der Waals surface area contributed by atoms with Crippen molar-refractivity contribution >= 4 is 45.8 Å². The molecule has 1 saturated heterocycles. The van der Waals surface area contributed by atoms with Crippen LogP contribution in [0.3, 0.4) is 0 Å². The molecule has 0 aromatic rings. The van der Waals surface area contributed by atoms with Gasteiger partial charge in [0, 0.05) is 33.0 Å². The maximum Gasteiger partial charge on any atom is 0.337 e. The molecule has 0 radical (unpaired) electrons. The predicted molar refractivity (Wildman–Crippen MR) is 107 cm³/mol. The van der Waals surface area contributed by atoms with Crippen LogP contribution in [0.15, 0.2) is 11.8 Å². The lowest BCUT2D eigenvalue weighted by atomic mass is 9.98. The molecule has 13 heteroatoms. The van der Waals surface area contributed by atoms with Crippen molar-refractivity contribution in [2.45, 2.75) is 58.4 Å². The molecule has 0 N–H and O–H groups in total. The average Bonchev–Trinajstić information content (AvgIpc) is 2.69. The molecule has 5 atom stereocenters. The zero-order chi connectivity index (χ0) is 24.4. The van der Waals surface area contributed by atoms with Crippen LogP contribution >= 0.6 is 15.9 Å². The van der Waals surface area contributed by atoms with E-state index in [1.54, 1.807) is 0 Å². The third-order valence-corrected chi connectivity index (χ3v) is 4.49. The summed E-state index contributed by atoms with van der Waals surface area (Å²) in [6, 6.07) is 0. The van der Waals surface area contributed by atoms with Crippen LogP contribution in [0.4, 0.5) is 0 Å². The first-order chi connectivity index (χ1) is 15.0. The zero-order valence-electron chi connectivity index (χ0n) is 18.2. The minimum Gasteiger partial charge on any atom is -0.468 e. The van der Waals surface area contributed by atoms with E-state index in [9.17, 15) is 24.0 Å². The number of hydrogen-bond acceptors (Lipinski definition) is 12. The first-order valence-corrected chi connectivity index (χ1v) is 10.4. The second-order valence-corrected chi connectivity index (χ2v) is 7.03. The molecule has 1 aliphatic heterocycles. The van der Waals surface area contributed by atoms with Gasteiger partial charge in [0.05, 0.1) is 18.9 Å². The largest absolute Gasteiger partial charge is 0.468 e. The maximum absolute atomic E-state index is 11.8. The van der Waals surface area contributed by atoms with Gasteiger partial charge in [-0.2, -0.15) is 0 Å². The van der Waals surface area contributed by atoms with Gasteiger partial charge in [-0.15, -0.1) is 0 Å². The van der Waals surface area contributed by atoms with Gasteiger partial charge in [0.1, 0.15) is 12.7 Å². The summed E-state index contributed by atoms with van der Waals surface area (Å²) in [5.41, 5.74) is 0.0559. The minimum absolute atomic E-state index is 0.0559. The lowest BCUT2D eigenvalue weighted by Crippen LogP contribution is -2.62. The van der Waals surface area contributed by atoms with Crippen molar-refractivity contribution in [1.29, 1.82) is 0 Å². The second kappa shape index (κ2) is 13.0. The molecule has 0 unspecified atom stereocenters. The van der Waals surface area contributed by atoms with Crippen LogP contribution in [0.5, 0.6) is 0 Å². The highest BCUT2D eigenvalue weighted by Crippen LogP contribution is 2.30. The molecule has 0 aromatic carbocycles.